The van der Waals surface area contributed by atoms with Crippen LogP contribution in [0.2, 0.25) is 0 Å². The normalized spacial score (nSPS) is 10.0. The van der Waals surface area contributed by atoms with Gasteiger partial charge in [-0.2, -0.15) is 13.8 Å². The van der Waals surface area contributed by atoms with E-state index in [9.17, 15) is 9.59 Å². The number of carboxylic acid groups (broad SMARTS) is 1. The Bertz CT molecular complexity index is 520. The first kappa shape index (κ1) is 10.2. The Hall–Kier alpha value is -2.29. The summed E-state index contributed by atoms with van der Waals surface area (Å²) in [5.74, 6) is -1.52. The molecule has 16 heavy (non-hydrogen) atoms. The molecule has 0 fully saturated rings. The summed E-state index contributed by atoms with van der Waals surface area (Å²) in [4.78, 5) is 22.0. The van der Waals surface area contributed by atoms with Crippen LogP contribution in [0, 0.1) is 0 Å². The molecule has 0 aliphatic heterocycles. The van der Waals surface area contributed by atoms with Crippen LogP contribution in [-0.2, 0) is 0 Å². The molecule has 0 atom stereocenters. The maximum atomic E-state index is 11.4. The fourth-order valence-corrected chi connectivity index (χ4v) is 1.35. The van der Waals surface area contributed by atoms with Gasteiger partial charge in [0, 0.05) is 6.07 Å². The number of carbonyl (C=O) groups excluding carboxylic acids is 1. The van der Waals surface area contributed by atoms with Crippen LogP contribution < -0.4 is 5.32 Å². The lowest BCUT2D eigenvalue weighted by atomic mass is 10.4. The van der Waals surface area contributed by atoms with Crippen LogP contribution in [0.1, 0.15) is 21.0 Å². The highest BCUT2D eigenvalue weighted by atomic mass is 32.1. The summed E-state index contributed by atoms with van der Waals surface area (Å²) in [5, 5.41) is 16.9. The molecule has 0 aliphatic rings. The summed E-state index contributed by atoms with van der Waals surface area (Å²) in [6.07, 6.45) is 1.31. The molecule has 82 valence electrons. The highest BCUT2D eigenvalue weighted by molar-refractivity contribution is 6.99. The minimum absolute atomic E-state index is 0.105. The number of aromatic amines is 1. The number of hydrogen-bond acceptors (Lipinski definition) is 6. The summed E-state index contributed by atoms with van der Waals surface area (Å²) in [6.45, 7) is 0. The van der Waals surface area contributed by atoms with E-state index in [-0.39, 0.29) is 17.2 Å². The van der Waals surface area contributed by atoms with E-state index in [2.05, 4.69) is 24.3 Å². The fraction of sp³-hybridized carbons (Fsp3) is 0. The molecule has 0 saturated heterocycles. The Morgan fingerprint density at radius 1 is 1.50 bits per heavy atom. The van der Waals surface area contributed by atoms with Crippen LogP contribution in [0.15, 0.2) is 12.3 Å². The molecular weight excluding hydrogens is 234 g/mol. The van der Waals surface area contributed by atoms with Gasteiger partial charge in [-0.05, 0) is 0 Å². The van der Waals surface area contributed by atoms with E-state index in [4.69, 9.17) is 5.11 Å². The first-order chi connectivity index (χ1) is 7.66. The standard InChI is InChI=1S/C7H5N5O3S/c13-6(4-2-8-16-12-4)9-5-1-3(7(14)15)10-11-5/h1-2H,(H,14,15)(H2,9,10,11,13). The van der Waals surface area contributed by atoms with Crippen LogP contribution in [0.4, 0.5) is 5.82 Å². The summed E-state index contributed by atoms with van der Waals surface area (Å²) in [7, 11) is 0. The van der Waals surface area contributed by atoms with Gasteiger partial charge in [-0.15, -0.1) is 0 Å². The van der Waals surface area contributed by atoms with Crippen molar-refractivity contribution >= 4 is 29.4 Å². The lowest BCUT2D eigenvalue weighted by Gasteiger charge is -1.95. The van der Waals surface area contributed by atoms with Crippen LogP contribution in [0.5, 0.6) is 0 Å². The second-order valence-corrected chi connectivity index (χ2v) is 3.28. The minimum Gasteiger partial charge on any atom is -0.477 e. The maximum Gasteiger partial charge on any atom is 0.353 e. The zero-order valence-corrected chi connectivity index (χ0v) is 8.48. The Morgan fingerprint density at radius 3 is 2.88 bits per heavy atom. The number of H-pyrrole nitrogens is 1. The molecule has 1 amide bonds. The molecular formula is C7H5N5O3S. The van der Waals surface area contributed by atoms with Gasteiger partial charge >= 0.3 is 5.97 Å². The van der Waals surface area contributed by atoms with Gasteiger partial charge in [-0.3, -0.25) is 9.89 Å². The van der Waals surface area contributed by atoms with Gasteiger partial charge in [0.05, 0.1) is 17.9 Å². The maximum absolute atomic E-state index is 11.4. The molecule has 3 N–H and O–H groups in total. The fourth-order valence-electron chi connectivity index (χ4n) is 0.940. The van der Waals surface area contributed by atoms with Crippen molar-refractivity contribution in [1.29, 1.82) is 0 Å². The quantitative estimate of drug-likeness (QED) is 0.704. The number of aromatic nitrogens is 4. The van der Waals surface area contributed by atoms with Crippen molar-refractivity contribution in [3.8, 4) is 0 Å². The van der Waals surface area contributed by atoms with E-state index in [1.54, 1.807) is 0 Å². The average molecular weight is 239 g/mol. The summed E-state index contributed by atoms with van der Waals surface area (Å²) in [6, 6.07) is 1.21. The van der Waals surface area contributed by atoms with E-state index in [0.717, 1.165) is 11.7 Å². The van der Waals surface area contributed by atoms with E-state index in [1.165, 1.54) is 12.3 Å². The van der Waals surface area contributed by atoms with Crippen LogP contribution in [-0.4, -0.2) is 35.9 Å². The molecule has 9 heteroatoms. The SMILES string of the molecule is O=C(Nc1cc(C(=O)O)[nH]n1)c1cnsn1. The van der Waals surface area contributed by atoms with Crippen molar-refractivity contribution < 1.29 is 14.7 Å². The number of amides is 1. The third-order valence-electron chi connectivity index (χ3n) is 1.64. The monoisotopic (exact) mass is 239 g/mol. The van der Waals surface area contributed by atoms with Crippen LogP contribution in [0.25, 0.3) is 0 Å². The Balaban J connectivity index is 2.09. The predicted molar refractivity (Wildman–Crippen MR) is 53.4 cm³/mol. The van der Waals surface area contributed by atoms with Crippen molar-refractivity contribution in [3.05, 3.63) is 23.7 Å². The molecule has 0 spiro atoms. The summed E-state index contributed by atoms with van der Waals surface area (Å²) < 4.78 is 7.38. The van der Waals surface area contributed by atoms with E-state index in [0.29, 0.717) is 0 Å². The van der Waals surface area contributed by atoms with Gasteiger partial charge in [-0.25, -0.2) is 4.79 Å². The van der Waals surface area contributed by atoms with Gasteiger partial charge < -0.3 is 10.4 Å². The van der Waals surface area contributed by atoms with E-state index in [1.807, 2.05) is 0 Å². The highest BCUT2D eigenvalue weighted by Gasteiger charge is 2.12. The Labute approximate surface area is 92.6 Å². The second kappa shape index (κ2) is 4.06. The van der Waals surface area contributed by atoms with Gasteiger partial charge in [0.25, 0.3) is 5.91 Å². The third-order valence-corrected chi connectivity index (χ3v) is 2.12. The Morgan fingerprint density at radius 2 is 2.31 bits per heavy atom. The number of hydrogen-bond donors (Lipinski definition) is 3. The predicted octanol–water partition coefficient (Wildman–Crippen LogP) is 0.212. The third kappa shape index (κ3) is 2.03. The molecule has 0 aromatic carbocycles. The van der Waals surface area contributed by atoms with Crippen molar-refractivity contribution in [1.82, 2.24) is 18.9 Å². The molecule has 8 nitrogen and oxygen atoms in total. The smallest absolute Gasteiger partial charge is 0.353 e. The van der Waals surface area contributed by atoms with E-state index >= 15 is 0 Å². The number of nitrogens with one attached hydrogen (secondary N) is 2. The molecule has 2 rings (SSSR count). The van der Waals surface area contributed by atoms with E-state index < -0.39 is 11.9 Å². The number of nitrogens with zero attached hydrogens (tertiary/aromatic N) is 3. The number of anilines is 1. The first-order valence-corrected chi connectivity index (χ1v) is 4.77. The zero-order valence-electron chi connectivity index (χ0n) is 7.67. The second-order valence-electron chi connectivity index (χ2n) is 2.72. The lowest BCUT2D eigenvalue weighted by Crippen LogP contribution is -2.12. The molecule has 0 radical (unpaired) electrons. The number of carboxylic acids is 1. The molecule has 0 saturated carbocycles. The van der Waals surface area contributed by atoms with Gasteiger partial charge in [-0.1, -0.05) is 0 Å². The number of aromatic carboxylic acids is 1. The van der Waals surface area contributed by atoms with Gasteiger partial charge in [0.1, 0.15) is 5.69 Å². The molecule has 2 aromatic rings. The molecule has 2 aromatic heterocycles. The summed E-state index contributed by atoms with van der Waals surface area (Å²) in [5.41, 5.74) is 0.0524. The van der Waals surface area contributed by atoms with Crippen LogP contribution in [0.3, 0.4) is 0 Å². The first-order valence-electron chi connectivity index (χ1n) is 4.04. The largest absolute Gasteiger partial charge is 0.477 e. The average Bonchev–Trinajstić information content (AvgIpc) is 2.87. The number of carbonyl (C=O) groups is 2. The van der Waals surface area contributed by atoms with Gasteiger partial charge in [0.2, 0.25) is 0 Å². The number of rotatable bonds is 3. The van der Waals surface area contributed by atoms with Gasteiger partial charge in [0.15, 0.2) is 11.5 Å². The molecule has 0 bridgehead atoms. The van der Waals surface area contributed by atoms with Crippen molar-refractivity contribution in [3.63, 3.8) is 0 Å². The van der Waals surface area contributed by atoms with Crippen molar-refractivity contribution in [2.75, 3.05) is 5.32 Å². The summed E-state index contributed by atoms with van der Waals surface area (Å²) >= 11 is 0.905. The van der Waals surface area contributed by atoms with Crippen molar-refractivity contribution in [2.24, 2.45) is 0 Å². The van der Waals surface area contributed by atoms with Crippen LogP contribution >= 0.6 is 11.7 Å². The van der Waals surface area contributed by atoms with Crippen molar-refractivity contribution in [2.45, 2.75) is 0 Å². The molecule has 0 unspecified atom stereocenters. The molecule has 2 heterocycles. The zero-order chi connectivity index (χ0) is 11.5. The molecule has 0 aliphatic carbocycles. The Kier molecular flexibility index (Phi) is 2.60. The topological polar surface area (TPSA) is 121 Å². The highest BCUT2D eigenvalue weighted by Crippen LogP contribution is 2.07. The minimum atomic E-state index is -1.15. The lowest BCUT2D eigenvalue weighted by molar-refractivity contribution is 0.0690.